The van der Waals surface area contributed by atoms with Crippen LogP contribution in [-0.2, 0) is 24.3 Å². The summed E-state index contributed by atoms with van der Waals surface area (Å²) in [6, 6.07) is 5.72. The van der Waals surface area contributed by atoms with E-state index in [1.807, 2.05) is 23.4 Å². The Labute approximate surface area is 165 Å². The number of hydrogen-bond donors (Lipinski definition) is 2. The molecule has 2 aliphatic heterocycles. The molecule has 2 aromatic heterocycles. The Kier molecular flexibility index (Phi) is 5.28. The maximum absolute atomic E-state index is 12.7. The minimum Gasteiger partial charge on any atom is -0.384 e. The van der Waals surface area contributed by atoms with Gasteiger partial charge in [-0.2, -0.15) is 0 Å². The van der Waals surface area contributed by atoms with Crippen LogP contribution in [0, 0.1) is 0 Å². The van der Waals surface area contributed by atoms with E-state index in [-0.39, 0.29) is 11.4 Å². The smallest absolute Gasteiger partial charge is 0.227 e. The largest absolute Gasteiger partial charge is 0.384 e. The summed E-state index contributed by atoms with van der Waals surface area (Å²) >= 11 is 0. The van der Waals surface area contributed by atoms with Crippen LogP contribution in [0.1, 0.15) is 42.9 Å². The first kappa shape index (κ1) is 18.8. The molecule has 3 N–H and O–H groups in total. The van der Waals surface area contributed by atoms with Crippen molar-refractivity contribution in [2.45, 2.75) is 51.2 Å². The number of nitrogen functional groups attached to an aromatic ring is 1. The molecule has 0 aliphatic carbocycles. The van der Waals surface area contributed by atoms with E-state index in [0.717, 1.165) is 51.0 Å². The highest BCUT2D eigenvalue weighted by Crippen LogP contribution is 2.29. The van der Waals surface area contributed by atoms with E-state index >= 15 is 0 Å². The lowest BCUT2D eigenvalue weighted by molar-refractivity contribution is -0.132. The number of nitrogens with two attached hydrogens (primary N) is 1. The minimum atomic E-state index is 0.0506. The third-order valence-electron chi connectivity index (χ3n) is 6.08. The quantitative estimate of drug-likeness (QED) is 0.824. The lowest BCUT2D eigenvalue weighted by Crippen LogP contribution is -2.58. The molecule has 0 saturated carbocycles. The number of nitrogens with zero attached hydrogens (tertiary/aromatic N) is 4. The molecule has 148 valence electrons. The number of likely N-dealkylation sites (tertiary alicyclic amines) is 1. The summed E-state index contributed by atoms with van der Waals surface area (Å²) in [5, 5.41) is 2.30. The number of anilines is 1. The predicted molar refractivity (Wildman–Crippen MR) is 108 cm³/mol. The predicted octanol–water partition coefficient (Wildman–Crippen LogP) is 1.89. The maximum Gasteiger partial charge on any atom is 0.227 e. The molecule has 4 heterocycles. The average molecular weight is 380 g/mol. The van der Waals surface area contributed by atoms with Crippen molar-refractivity contribution in [3.8, 4) is 0 Å². The summed E-state index contributed by atoms with van der Waals surface area (Å²) in [4.78, 5) is 23.0. The first-order chi connectivity index (χ1) is 13.6. The third-order valence-corrected chi connectivity index (χ3v) is 6.08. The van der Waals surface area contributed by atoms with Crippen LogP contribution in [0.5, 0.6) is 0 Å². The number of piperidine rings is 1. The molecule has 2 aromatic rings. The number of carbonyl (C=O) groups excluding carboxylic acids is 1. The fraction of sp³-hybridized carbons (Fsp3) is 0.476. The number of fused-ring (bicyclic) bond motifs is 1. The van der Waals surface area contributed by atoms with E-state index in [2.05, 4.69) is 33.4 Å². The molecule has 0 aromatic carbocycles. The van der Waals surface area contributed by atoms with E-state index in [1.54, 1.807) is 12.3 Å². The van der Waals surface area contributed by atoms with Crippen molar-refractivity contribution < 1.29 is 4.79 Å². The van der Waals surface area contributed by atoms with Crippen LogP contribution in [-0.4, -0.2) is 44.4 Å². The van der Waals surface area contributed by atoms with Crippen LogP contribution in [0.15, 0.2) is 36.8 Å². The van der Waals surface area contributed by atoms with Crippen LogP contribution in [0.4, 0.5) is 5.82 Å². The number of hydrazine groups is 1. The summed E-state index contributed by atoms with van der Waals surface area (Å²) in [6.45, 7) is 5.59. The Hall–Kier alpha value is -2.51. The first-order valence-electron chi connectivity index (χ1n) is 10.00. The molecule has 28 heavy (non-hydrogen) atoms. The maximum atomic E-state index is 12.7. The molecule has 0 spiro atoms. The van der Waals surface area contributed by atoms with Gasteiger partial charge in [0.05, 0.1) is 6.42 Å². The molecule has 1 saturated heterocycles. The minimum absolute atomic E-state index is 0.0506. The number of carbonyl (C=O) groups is 1. The van der Waals surface area contributed by atoms with Crippen LogP contribution >= 0.6 is 0 Å². The van der Waals surface area contributed by atoms with Crippen molar-refractivity contribution in [3.05, 3.63) is 53.5 Å². The fourth-order valence-electron chi connectivity index (χ4n) is 4.19. The zero-order valence-electron chi connectivity index (χ0n) is 16.4. The zero-order chi connectivity index (χ0) is 19.6. The monoisotopic (exact) mass is 380 g/mol. The van der Waals surface area contributed by atoms with E-state index in [0.29, 0.717) is 12.2 Å². The van der Waals surface area contributed by atoms with Gasteiger partial charge in [0, 0.05) is 50.3 Å². The molecule has 1 fully saturated rings. The van der Waals surface area contributed by atoms with Crippen LogP contribution < -0.4 is 11.2 Å². The van der Waals surface area contributed by atoms with Gasteiger partial charge in [-0.1, -0.05) is 13.0 Å². The number of amides is 1. The number of pyridine rings is 2. The highest BCUT2D eigenvalue weighted by Gasteiger charge is 2.36. The molecule has 7 heteroatoms. The molecule has 7 nitrogen and oxygen atoms in total. The third kappa shape index (κ3) is 4.00. The SMILES string of the molecule is CCC1(NN2Cc3ccncc3C2)CCN(C(=O)Cc2ccc(N)nc2)CC1. The van der Waals surface area contributed by atoms with Crippen LogP contribution in [0.3, 0.4) is 0 Å². The van der Waals surface area contributed by atoms with Gasteiger partial charge >= 0.3 is 0 Å². The summed E-state index contributed by atoms with van der Waals surface area (Å²) in [7, 11) is 0. The van der Waals surface area contributed by atoms with Gasteiger partial charge in [0.15, 0.2) is 0 Å². The van der Waals surface area contributed by atoms with E-state index in [9.17, 15) is 4.79 Å². The standard InChI is InChI=1S/C21H28N6O/c1-2-21(25-27-14-17-5-8-23-13-18(17)15-27)6-9-26(10-7-21)20(28)11-16-3-4-19(22)24-12-16/h3-5,8,12-13,25H,2,6-7,9-11,14-15H2,1H3,(H2,22,24). The molecular weight excluding hydrogens is 352 g/mol. The van der Waals surface area contributed by atoms with Crippen molar-refractivity contribution in [1.29, 1.82) is 0 Å². The second kappa shape index (κ2) is 7.85. The molecule has 0 atom stereocenters. The number of rotatable bonds is 5. The van der Waals surface area contributed by atoms with Gasteiger partial charge in [0.2, 0.25) is 5.91 Å². The van der Waals surface area contributed by atoms with Gasteiger partial charge in [-0.3, -0.25) is 9.78 Å². The van der Waals surface area contributed by atoms with E-state index < -0.39 is 0 Å². The number of aromatic nitrogens is 2. The van der Waals surface area contributed by atoms with E-state index in [4.69, 9.17) is 5.73 Å². The number of hydrogen-bond acceptors (Lipinski definition) is 6. The highest BCUT2D eigenvalue weighted by atomic mass is 16.2. The van der Waals surface area contributed by atoms with Gasteiger partial charge in [0.1, 0.15) is 5.82 Å². The summed E-state index contributed by atoms with van der Waals surface area (Å²) in [5.74, 6) is 0.642. The Morgan fingerprint density at radius 2 is 1.96 bits per heavy atom. The van der Waals surface area contributed by atoms with Crippen molar-refractivity contribution in [3.63, 3.8) is 0 Å². The Morgan fingerprint density at radius 1 is 1.18 bits per heavy atom. The highest BCUT2D eigenvalue weighted by molar-refractivity contribution is 5.78. The topological polar surface area (TPSA) is 87.4 Å². The van der Waals surface area contributed by atoms with Crippen LogP contribution in [0.2, 0.25) is 0 Å². The fourth-order valence-corrected chi connectivity index (χ4v) is 4.19. The molecule has 2 aliphatic rings. The Morgan fingerprint density at radius 3 is 2.64 bits per heavy atom. The second-order valence-corrected chi connectivity index (χ2v) is 7.90. The van der Waals surface area contributed by atoms with Gasteiger partial charge in [-0.25, -0.2) is 15.4 Å². The molecular formula is C21H28N6O. The van der Waals surface area contributed by atoms with Gasteiger partial charge in [-0.15, -0.1) is 0 Å². The average Bonchev–Trinajstić information content (AvgIpc) is 3.12. The van der Waals surface area contributed by atoms with Gasteiger partial charge in [0.25, 0.3) is 0 Å². The van der Waals surface area contributed by atoms with Crippen molar-refractivity contribution in [2.75, 3.05) is 18.8 Å². The molecule has 1 amide bonds. The van der Waals surface area contributed by atoms with Gasteiger partial charge in [-0.05, 0) is 48.1 Å². The Bertz CT molecular complexity index is 804. The molecule has 0 bridgehead atoms. The second-order valence-electron chi connectivity index (χ2n) is 7.90. The number of nitrogens with one attached hydrogen (secondary N) is 1. The first-order valence-corrected chi connectivity index (χ1v) is 10.00. The molecule has 0 radical (unpaired) electrons. The van der Waals surface area contributed by atoms with E-state index in [1.165, 1.54) is 11.1 Å². The van der Waals surface area contributed by atoms with Gasteiger partial charge < -0.3 is 10.6 Å². The van der Waals surface area contributed by atoms with Crippen LogP contribution in [0.25, 0.3) is 0 Å². The molecule has 4 rings (SSSR count). The van der Waals surface area contributed by atoms with Crippen molar-refractivity contribution >= 4 is 11.7 Å². The summed E-state index contributed by atoms with van der Waals surface area (Å²) in [5.41, 5.74) is 13.0. The summed E-state index contributed by atoms with van der Waals surface area (Å²) < 4.78 is 0. The Balaban J connectivity index is 1.32. The van der Waals surface area contributed by atoms with Crippen molar-refractivity contribution in [1.82, 2.24) is 25.3 Å². The zero-order valence-corrected chi connectivity index (χ0v) is 16.4. The van der Waals surface area contributed by atoms with Crippen molar-refractivity contribution in [2.24, 2.45) is 0 Å². The lowest BCUT2D eigenvalue weighted by atomic mass is 9.85. The lowest BCUT2D eigenvalue weighted by Gasteiger charge is -2.44. The summed E-state index contributed by atoms with van der Waals surface area (Å²) in [6.07, 6.45) is 8.85. The molecule has 0 unspecified atom stereocenters. The normalized spacial score (nSPS) is 18.8.